The van der Waals surface area contributed by atoms with Gasteiger partial charge in [0.2, 0.25) is 0 Å². The highest BCUT2D eigenvalue weighted by Gasteiger charge is 2.13. The molecule has 20 heavy (non-hydrogen) atoms. The SMILES string of the molecule is Cc1ccc2nc(C[C@@H](O)CNC(C)(C)C)ccc2c1. The molecule has 108 valence electrons. The fourth-order valence-corrected chi connectivity index (χ4v) is 2.14. The van der Waals surface area contributed by atoms with Crippen LogP contribution in [0.15, 0.2) is 30.3 Å². The molecule has 0 fully saturated rings. The van der Waals surface area contributed by atoms with Gasteiger partial charge in [-0.1, -0.05) is 17.7 Å². The third kappa shape index (κ3) is 4.29. The summed E-state index contributed by atoms with van der Waals surface area (Å²) in [4.78, 5) is 4.61. The van der Waals surface area contributed by atoms with Crippen molar-refractivity contribution >= 4 is 10.9 Å². The number of aryl methyl sites for hydroxylation is 1. The van der Waals surface area contributed by atoms with E-state index in [1.807, 2.05) is 12.1 Å². The van der Waals surface area contributed by atoms with Gasteiger partial charge in [0.15, 0.2) is 0 Å². The van der Waals surface area contributed by atoms with Crippen LogP contribution in [0, 0.1) is 6.92 Å². The van der Waals surface area contributed by atoms with Gasteiger partial charge in [-0.05, 0) is 45.9 Å². The van der Waals surface area contributed by atoms with Crippen molar-refractivity contribution in [2.45, 2.75) is 45.8 Å². The Hall–Kier alpha value is -1.45. The lowest BCUT2D eigenvalue weighted by Crippen LogP contribution is -2.41. The Morgan fingerprint density at radius 2 is 1.95 bits per heavy atom. The van der Waals surface area contributed by atoms with Crippen LogP contribution in [0.25, 0.3) is 10.9 Å². The van der Waals surface area contributed by atoms with Crippen LogP contribution in [-0.2, 0) is 6.42 Å². The number of nitrogens with zero attached hydrogens (tertiary/aromatic N) is 1. The zero-order chi connectivity index (χ0) is 14.8. The Morgan fingerprint density at radius 1 is 1.20 bits per heavy atom. The van der Waals surface area contributed by atoms with Crippen molar-refractivity contribution < 1.29 is 5.11 Å². The van der Waals surface area contributed by atoms with E-state index in [-0.39, 0.29) is 5.54 Å². The number of aliphatic hydroxyl groups is 1. The number of aliphatic hydroxyl groups excluding tert-OH is 1. The molecule has 0 spiro atoms. The minimum Gasteiger partial charge on any atom is -0.391 e. The fraction of sp³-hybridized carbons (Fsp3) is 0.471. The predicted octanol–water partition coefficient (Wildman–Crippen LogP) is 2.83. The second-order valence-electron chi connectivity index (χ2n) is 6.49. The summed E-state index contributed by atoms with van der Waals surface area (Å²) in [5, 5.41) is 14.5. The van der Waals surface area contributed by atoms with Gasteiger partial charge in [-0.15, -0.1) is 0 Å². The maximum absolute atomic E-state index is 10.1. The van der Waals surface area contributed by atoms with E-state index >= 15 is 0 Å². The highest BCUT2D eigenvalue weighted by Crippen LogP contribution is 2.15. The number of benzene rings is 1. The molecule has 0 unspecified atom stereocenters. The first-order valence-corrected chi connectivity index (χ1v) is 7.13. The number of fused-ring (bicyclic) bond motifs is 1. The maximum Gasteiger partial charge on any atom is 0.0720 e. The van der Waals surface area contributed by atoms with Gasteiger partial charge in [-0.3, -0.25) is 4.98 Å². The largest absolute Gasteiger partial charge is 0.391 e. The summed E-state index contributed by atoms with van der Waals surface area (Å²) >= 11 is 0. The van der Waals surface area contributed by atoms with Gasteiger partial charge in [0.25, 0.3) is 0 Å². The van der Waals surface area contributed by atoms with E-state index in [0.29, 0.717) is 13.0 Å². The molecule has 2 rings (SSSR count). The molecule has 0 radical (unpaired) electrons. The van der Waals surface area contributed by atoms with Crippen LogP contribution >= 0.6 is 0 Å². The van der Waals surface area contributed by atoms with Gasteiger partial charge in [-0.25, -0.2) is 0 Å². The zero-order valence-electron chi connectivity index (χ0n) is 12.8. The lowest BCUT2D eigenvalue weighted by atomic mass is 10.1. The van der Waals surface area contributed by atoms with Crippen LogP contribution in [0.4, 0.5) is 0 Å². The Balaban J connectivity index is 2.04. The summed E-state index contributed by atoms with van der Waals surface area (Å²) in [7, 11) is 0. The molecule has 0 aliphatic heterocycles. The second kappa shape index (κ2) is 5.90. The normalized spacial score (nSPS) is 13.7. The van der Waals surface area contributed by atoms with E-state index in [1.165, 1.54) is 5.56 Å². The van der Waals surface area contributed by atoms with Gasteiger partial charge < -0.3 is 10.4 Å². The predicted molar refractivity (Wildman–Crippen MR) is 83.9 cm³/mol. The van der Waals surface area contributed by atoms with Crippen molar-refractivity contribution in [3.8, 4) is 0 Å². The molecule has 2 N–H and O–H groups in total. The van der Waals surface area contributed by atoms with Crippen molar-refractivity contribution in [2.75, 3.05) is 6.54 Å². The summed E-state index contributed by atoms with van der Waals surface area (Å²) in [5.41, 5.74) is 3.19. The number of nitrogens with one attached hydrogen (secondary N) is 1. The van der Waals surface area contributed by atoms with Gasteiger partial charge in [0, 0.05) is 29.6 Å². The molecule has 0 saturated heterocycles. The molecular formula is C17H24N2O. The van der Waals surface area contributed by atoms with Crippen LogP contribution < -0.4 is 5.32 Å². The molecule has 0 amide bonds. The monoisotopic (exact) mass is 272 g/mol. The average Bonchev–Trinajstić information content (AvgIpc) is 2.36. The third-order valence-electron chi connectivity index (χ3n) is 3.22. The Labute approximate surface area is 121 Å². The molecule has 1 heterocycles. The Bertz CT molecular complexity index is 587. The maximum atomic E-state index is 10.1. The van der Waals surface area contributed by atoms with E-state index in [0.717, 1.165) is 16.6 Å². The van der Waals surface area contributed by atoms with Crippen molar-refractivity contribution in [3.05, 3.63) is 41.6 Å². The van der Waals surface area contributed by atoms with E-state index in [9.17, 15) is 5.11 Å². The first-order valence-electron chi connectivity index (χ1n) is 7.13. The molecule has 3 nitrogen and oxygen atoms in total. The summed E-state index contributed by atoms with van der Waals surface area (Å²) in [6.07, 6.45) is 0.164. The molecule has 1 aromatic heterocycles. The standard InChI is InChI=1S/C17H24N2O/c1-12-5-8-16-13(9-12)6-7-14(19-16)10-15(20)11-18-17(2,3)4/h5-9,15,18,20H,10-11H2,1-4H3/t15-/m1/s1. The average molecular weight is 272 g/mol. The van der Waals surface area contributed by atoms with Crippen LogP contribution in [0.1, 0.15) is 32.0 Å². The highest BCUT2D eigenvalue weighted by molar-refractivity contribution is 5.79. The third-order valence-corrected chi connectivity index (χ3v) is 3.22. The summed E-state index contributed by atoms with van der Waals surface area (Å²) < 4.78 is 0. The fourth-order valence-electron chi connectivity index (χ4n) is 2.14. The van der Waals surface area contributed by atoms with Crippen LogP contribution in [0.3, 0.4) is 0 Å². The Morgan fingerprint density at radius 3 is 2.65 bits per heavy atom. The summed E-state index contributed by atoms with van der Waals surface area (Å²) in [5.74, 6) is 0. The van der Waals surface area contributed by atoms with Gasteiger partial charge >= 0.3 is 0 Å². The molecule has 0 aliphatic carbocycles. The lowest BCUT2D eigenvalue weighted by molar-refractivity contribution is 0.160. The van der Waals surface area contributed by atoms with Crippen LogP contribution in [0.2, 0.25) is 0 Å². The number of β-amino-alcohol motifs (C(OH)–C–C–N with tert-alkyl or cyclic N) is 1. The highest BCUT2D eigenvalue weighted by atomic mass is 16.3. The molecular weight excluding hydrogens is 248 g/mol. The molecule has 1 atom stereocenters. The second-order valence-corrected chi connectivity index (χ2v) is 6.49. The number of hydrogen-bond acceptors (Lipinski definition) is 3. The Kier molecular flexibility index (Phi) is 4.41. The topological polar surface area (TPSA) is 45.2 Å². The van der Waals surface area contributed by atoms with Crippen molar-refractivity contribution in [1.82, 2.24) is 10.3 Å². The van der Waals surface area contributed by atoms with Crippen LogP contribution in [-0.4, -0.2) is 28.3 Å². The van der Waals surface area contributed by atoms with Gasteiger partial charge in [-0.2, -0.15) is 0 Å². The molecule has 0 bridgehead atoms. The minimum absolute atomic E-state index is 0.0231. The van der Waals surface area contributed by atoms with Crippen molar-refractivity contribution in [2.24, 2.45) is 0 Å². The summed E-state index contributed by atoms with van der Waals surface area (Å²) in [6, 6.07) is 10.3. The molecule has 3 heteroatoms. The quantitative estimate of drug-likeness (QED) is 0.899. The van der Waals surface area contributed by atoms with Crippen LogP contribution in [0.5, 0.6) is 0 Å². The first-order chi connectivity index (χ1) is 9.33. The molecule has 0 saturated carbocycles. The van der Waals surface area contributed by atoms with Crippen molar-refractivity contribution in [3.63, 3.8) is 0 Å². The molecule has 2 aromatic rings. The zero-order valence-corrected chi connectivity index (χ0v) is 12.8. The summed E-state index contributed by atoms with van der Waals surface area (Å²) in [6.45, 7) is 8.94. The number of pyridine rings is 1. The number of rotatable bonds is 4. The number of aromatic nitrogens is 1. The first kappa shape index (κ1) is 14.9. The lowest BCUT2D eigenvalue weighted by Gasteiger charge is -2.22. The molecule has 0 aliphatic rings. The van der Waals surface area contributed by atoms with E-state index < -0.39 is 6.10 Å². The number of hydrogen-bond donors (Lipinski definition) is 2. The smallest absolute Gasteiger partial charge is 0.0720 e. The molecule has 1 aromatic carbocycles. The van der Waals surface area contributed by atoms with E-state index in [4.69, 9.17) is 0 Å². The van der Waals surface area contributed by atoms with Crippen molar-refractivity contribution in [1.29, 1.82) is 0 Å². The van der Waals surface area contributed by atoms with E-state index in [1.54, 1.807) is 0 Å². The van der Waals surface area contributed by atoms with Gasteiger partial charge in [0.05, 0.1) is 11.6 Å². The minimum atomic E-state index is -0.412. The van der Waals surface area contributed by atoms with E-state index in [2.05, 4.69) is 56.2 Å². The van der Waals surface area contributed by atoms with Gasteiger partial charge in [0.1, 0.15) is 0 Å².